The fourth-order valence-corrected chi connectivity index (χ4v) is 3.64. The monoisotopic (exact) mass is 377 g/mol. The summed E-state index contributed by atoms with van der Waals surface area (Å²) in [5.74, 6) is -0.170. The Hall–Kier alpha value is -3.06. The number of rotatable bonds is 5. The largest absolute Gasteiger partial charge is 0.346 e. The molecule has 136 valence electrons. The van der Waals surface area contributed by atoms with Crippen LogP contribution in [0.4, 0.5) is 0 Å². The van der Waals surface area contributed by atoms with Crippen molar-refractivity contribution in [1.29, 1.82) is 0 Å². The molecule has 0 saturated heterocycles. The number of carbonyl (C=O) groups excluding carboxylic acids is 1. The van der Waals surface area contributed by atoms with Gasteiger partial charge in [-0.25, -0.2) is 14.6 Å². The van der Waals surface area contributed by atoms with E-state index in [1.54, 1.807) is 23.7 Å². The number of hydrogen-bond acceptors (Lipinski definition) is 5. The minimum absolute atomic E-state index is 0.170. The van der Waals surface area contributed by atoms with E-state index in [1.807, 2.05) is 60.3 Å². The third-order valence-electron chi connectivity index (χ3n) is 4.19. The number of fused-ring (bicyclic) bond motifs is 1. The zero-order chi connectivity index (χ0) is 18.8. The average molecular weight is 377 g/mol. The molecule has 1 N–H and O–H groups in total. The maximum atomic E-state index is 12.5. The molecule has 0 radical (unpaired) electrons. The van der Waals surface area contributed by atoms with Crippen LogP contribution >= 0.6 is 11.3 Å². The summed E-state index contributed by atoms with van der Waals surface area (Å²) in [5, 5.41) is 11.0. The lowest BCUT2D eigenvalue weighted by atomic mass is 10.2. The molecule has 0 aliphatic heterocycles. The molecule has 0 aliphatic carbocycles. The lowest BCUT2D eigenvalue weighted by molar-refractivity contribution is 0.0950. The normalized spacial score (nSPS) is 11.2. The lowest BCUT2D eigenvalue weighted by Gasteiger charge is -2.07. The summed E-state index contributed by atoms with van der Waals surface area (Å²) in [5.41, 5.74) is 3.23. The number of amides is 1. The summed E-state index contributed by atoms with van der Waals surface area (Å²) in [6.07, 6.45) is 3.33. The quantitative estimate of drug-likeness (QED) is 0.569. The van der Waals surface area contributed by atoms with E-state index >= 15 is 0 Å². The molecule has 3 heterocycles. The third kappa shape index (κ3) is 3.59. The van der Waals surface area contributed by atoms with Gasteiger partial charge in [0, 0.05) is 28.6 Å². The van der Waals surface area contributed by atoms with Gasteiger partial charge < -0.3 is 5.32 Å². The summed E-state index contributed by atoms with van der Waals surface area (Å²) >= 11 is 1.57. The Morgan fingerprint density at radius 2 is 2.04 bits per heavy atom. The molecule has 0 spiro atoms. The van der Waals surface area contributed by atoms with Crippen LogP contribution < -0.4 is 5.32 Å². The Bertz CT molecular complexity index is 1080. The van der Waals surface area contributed by atoms with Crippen LogP contribution in [0.25, 0.3) is 21.6 Å². The van der Waals surface area contributed by atoms with Gasteiger partial charge in [-0.3, -0.25) is 4.79 Å². The first-order valence-electron chi connectivity index (χ1n) is 8.73. The van der Waals surface area contributed by atoms with Crippen molar-refractivity contribution in [2.45, 2.75) is 26.4 Å². The molecule has 0 aliphatic rings. The number of nitrogens with zero attached hydrogens (tertiary/aromatic N) is 4. The second kappa shape index (κ2) is 7.28. The Kier molecular flexibility index (Phi) is 4.68. The van der Waals surface area contributed by atoms with Crippen LogP contribution in [0.3, 0.4) is 0 Å². The Morgan fingerprint density at radius 1 is 1.22 bits per heavy atom. The first-order valence-corrected chi connectivity index (χ1v) is 9.61. The SMILES string of the molecule is CC(C)n1ncc2cc(C(=O)NCc3csc(-c4ccccc4)n3)cnc21. The first kappa shape index (κ1) is 17.4. The van der Waals surface area contributed by atoms with Crippen molar-refractivity contribution in [1.82, 2.24) is 25.1 Å². The van der Waals surface area contributed by atoms with Crippen molar-refractivity contribution in [3.05, 3.63) is 65.4 Å². The van der Waals surface area contributed by atoms with Crippen LogP contribution in [0.15, 0.2) is 54.2 Å². The van der Waals surface area contributed by atoms with E-state index in [1.165, 1.54) is 0 Å². The van der Waals surface area contributed by atoms with Crippen LogP contribution in [0, 0.1) is 0 Å². The number of thiazole rings is 1. The molecule has 0 unspecified atom stereocenters. The van der Waals surface area contributed by atoms with Crippen LogP contribution in [0.2, 0.25) is 0 Å². The van der Waals surface area contributed by atoms with Gasteiger partial charge in [-0.15, -0.1) is 11.3 Å². The number of hydrogen-bond donors (Lipinski definition) is 1. The van der Waals surface area contributed by atoms with E-state index < -0.39 is 0 Å². The Balaban J connectivity index is 1.45. The van der Waals surface area contributed by atoms with Gasteiger partial charge in [-0.1, -0.05) is 30.3 Å². The maximum absolute atomic E-state index is 12.5. The Morgan fingerprint density at radius 3 is 2.81 bits per heavy atom. The molecule has 6 nitrogen and oxygen atoms in total. The summed E-state index contributed by atoms with van der Waals surface area (Å²) in [6, 6.07) is 12.1. The van der Waals surface area contributed by atoms with Crippen LogP contribution in [-0.4, -0.2) is 25.7 Å². The molecule has 7 heteroatoms. The molecule has 3 aromatic heterocycles. The van der Waals surface area contributed by atoms with Gasteiger partial charge >= 0.3 is 0 Å². The number of benzene rings is 1. The van der Waals surface area contributed by atoms with E-state index in [0.29, 0.717) is 12.1 Å². The number of carbonyl (C=O) groups is 1. The van der Waals surface area contributed by atoms with Crippen molar-refractivity contribution in [3.8, 4) is 10.6 Å². The third-order valence-corrected chi connectivity index (χ3v) is 5.13. The van der Waals surface area contributed by atoms with E-state index in [2.05, 4.69) is 20.4 Å². The summed E-state index contributed by atoms with van der Waals surface area (Å²) < 4.78 is 1.84. The highest BCUT2D eigenvalue weighted by molar-refractivity contribution is 7.13. The smallest absolute Gasteiger partial charge is 0.253 e. The highest BCUT2D eigenvalue weighted by Crippen LogP contribution is 2.23. The van der Waals surface area contributed by atoms with Crippen molar-refractivity contribution in [2.24, 2.45) is 0 Å². The average Bonchev–Trinajstić information content (AvgIpc) is 3.33. The molecule has 0 atom stereocenters. The van der Waals surface area contributed by atoms with Gasteiger partial charge in [0.2, 0.25) is 0 Å². The van der Waals surface area contributed by atoms with Crippen molar-refractivity contribution < 1.29 is 4.79 Å². The molecule has 4 aromatic rings. The molecule has 27 heavy (non-hydrogen) atoms. The highest BCUT2D eigenvalue weighted by atomic mass is 32.1. The zero-order valence-corrected chi connectivity index (χ0v) is 15.9. The number of pyridine rings is 1. The number of aromatic nitrogens is 4. The molecule has 0 fully saturated rings. The van der Waals surface area contributed by atoms with E-state index in [4.69, 9.17) is 0 Å². The minimum Gasteiger partial charge on any atom is -0.346 e. The van der Waals surface area contributed by atoms with E-state index in [0.717, 1.165) is 27.3 Å². The predicted molar refractivity (Wildman–Crippen MR) is 107 cm³/mol. The molecule has 1 amide bonds. The zero-order valence-electron chi connectivity index (χ0n) is 15.1. The molecular weight excluding hydrogens is 358 g/mol. The van der Waals surface area contributed by atoms with Crippen LogP contribution in [0.1, 0.15) is 35.9 Å². The molecule has 0 saturated carbocycles. The molecule has 0 bridgehead atoms. The summed E-state index contributed by atoms with van der Waals surface area (Å²) in [6.45, 7) is 4.48. The van der Waals surface area contributed by atoms with Crippen LogP contribution in [-0.2, 0) is 6.54 Å². The first-order chi connectivity index (χ1) is 13.1. The Labute approximate surface area is 160 Å². The van der Waals surface area contributed by atoms with Crippen molar-refractivity contribution in [2.75, 3.05) is 0 Å². The maximum Gasteiger partial charge on any atom is 0.253 e. The van der Waals surface area contributed by atoms with Gasteiger partial charge in [0.1, 0.15) is 5.01 Å². The summed E-state index contributed by atoms with van der Waals surface area (Å²) in [7, 11) is 0. The van der Waals surface area contributed by atoms with Gasteiger partial charge in [0.15, 0.2) is 5.65 Å². The van der Waals surface area contributed by atoms with Crippen molar-refractivity contribution in [3.63, 3.8) is 0 Å². The fraction of sp³-hybridized carbons (Fsp3) is 0.200. The second-order valence-corrected chi connectivity index (χ2v) is 7.37. The van der Waals surface area contributed by atoms with Gasteiger partial charge in [-0.05, 0) is 19.9 Å². The van der Waals surface area contributed by atoms with Crippen LogP contribution in [0.5, 0.6) is 0 Å². The van der Waals surface area contributed by atoms with Crippen molar-refractivity contribution >= 4 is 28.3 Å². The molecule has 4 rings (SSSR count). The lowest BCUT2D eigenvalue weighted by Crippen LogP contribution is -2.23. The van der Waals surface area contributed by atoms with Gasteiger partial charge in [0.05, 0.1) is 24.0 Å². The van der Waals surface area contributed by atoms with Gasteiger partial charge in [-0.2, -0.15) is 5.10 Å². The topological polar surface area (TPSA) is 72.7 Å². The van der Waals surface area contributed by atoms with E-state index in [9.17, 15) is 4.79 Å². The fourth-order valence-electron chi connectivity index (χ4n) is 2.82. The second-order valence-electron chi connectivity index (χ2n) is 6.51. The minimum atomic E-state index is -0.170. The predicted octanol–water partition coefficient (Wildman–Crippen LogP) is 4.07. The highest BCUT2D eigenvalue weighted by Gasteiger charge is 2.12. The molecule has 1 aromatic carbocycles. The standard InChI is InChI=1S/C20H19N5OS/c1-13(2)25-18-15(10-23-25)8-16(9-21-18)19(26)22-11-17-12-27-20(24-17)14-6-4-3-5-7-14/h3-10,12-13H,11H2,1-2H3,(H,22,26). The van der Waals surface area contributed by atoms with E-state index in [-0.39, 0.29) is 11.9 Å². The molecular formula is C20H19N5OS. The van der Waals surface area contributed by atoms with Gasteiger partial charge in [0.25, 0.3) is 5.91 Å². The summed E-state index contributed by atoms with van der Waals surface area (Å²) in [4.78, 5) is 21.5. The number of nitrogens with one attached hydrogen (secondary N) is 1.